The van der Waals surface area contributed by atoms with E-state index in [1.807, 2.05) is 0 Å². The second kappa shape index (κ2) is 119. The predicted molar refractivity (Wildman–Crippen MR) is 37.4 cm³/mol. The summed E-state index contributed by atoms with van der Waals surface area (Å²) in [4.78, 5) is 0. The van der Waals surface area contributed by atoms with Gasteiger partial charge in [-0.3, -0.25) is 11.7 Å². The van der Waals surface area contributed by atoms with Crippen molar-refractivity contribution in [1.82, 2.24) is 0 Å². The third kappa shape index (κ3) is 86.4. The predicted octanol–water partition coefficient (Wildman–Crippen LogP) is 0.504. The van der Waals surface area contributed by atoms with Crippen molar-refractivity contribution >= 4 is 49.6 Å². The Bertz CT molecular complexity index is 9.65. The van der Waals surface area contributed by atoms with E-state index in [0.29, 0.717) is 0 Å². The molecule has 0 aliphatic rings. The molecule has 2 nitrogen and oxygen atoms in total. The fourth-order valence-corrected chi connectivity index (χ4v) is 0. The van der Waals surface area contributed by atoms with Crippen LogP contribution in [0.4, 0.5) is 0 Å². The summed E-state index contributed by atoms with van der Waals surface area (Å²) < 4.78 is 0. The largest absolute Gasteiger partial charge is 0.274 e. The third-order valence-corrected chi connectivity index (χ3v) is 0. The number of hydrazine groups is 1. The topological polar surface area (TPSA) is 52.0 Å². The first-order valence-corrected chi connectivity index (χ1v) is 0.333. The Labute approximate surface area is 80.5 Å². The number of hydrogen-bond donors (Lipinski definition) is 2. The number of halogens is 4. The van der Waals surface area contributed by atoms with E-state index in [1.54, 1.807) is 0 Å². The summed E-state index contributed by atoms with van der Waals surface area (Å²) in [5.74, 6) is 8.00. The molecule has 54 valence electrons. The molecule has 7 heavy (non-hydrogen) atoms. The van der Waals surface area contributed by atoms with Gasteiger partial charge in [-0.25, -0.2) is 0 Å². The van der Waals surface area contributed by atoms with Crippen LogP contribution in [0.25, 0.3) is 0 Å². The standard InChI is InChI=1S/4ClH.H4N2.Ru/c;;;;1-2;/h4*1H;1-2H2;. The fourth-order valence-electron chi connectivity index (χ4n) is 0. The summed E-state index contributed by atoms with van der Waals surface area (Å²) in [6.07, 6.45) is 0. The van der Waals surface area contributed by atoms with Crippen molar-refractivity contribution in [1.29, 1.82) is 0 Å². The molecule has 4 N–H and O–H groups in total. The van der Waals surface area contributed by atoms with Crippen molar-refractivity contribution in [2.75, 3.05) is 0 Å². The normalized spacial score (nSPS) is 0.857. The van der Waals surface area contributed by atoms with E-state index in [1.165, 1.54) is 0 Å². The van der Waals surface area contributed by atoms with Gasteiger partial charge in [-0.05, 0) is 0 Å². The average Bonchev–Trinajstić information content (AvgIpc) is 1.00. The summed E-state index contributed by atoms with van der Waals surface area (Å²) in [5, 5.41) is 0. The first-order valence-electron chi connectivity index (χ1n) is 0.333. The first kappa shape index (κ1) is 70.7. The summed E-state index contributed by atoms with van der Waals surface area (Å²) in [6.45, 7) is 0. The van der Waals surface area contributed by atoms with E-state index in [-0.39, 0.29) is 69.1 Å². The van der Waals surface area contributed by atoms with Gasteiger partial charge in [0.05, 0.1) is 0 Å². The summed E-state index contributed by atoms with van der Waals surface area (Å²) in [7, 11) is 0. The van der Waals surface area contributed by atoms with Gasteiger partial charge in [0.1, 0.15) is 0 Å². The molecular weight excluding hydrogens is 271 g/mol. The third-order valence-electron chi connectivity index (χ3n) is 0. The molecule has 0 unspecified atom stereocenters. The van der Waals surface area contributed by atoms with Gasteiger partial charge in [0.15, 0.2) is 0 Å². The minimum Gasteiger partial charge on any atom is -0.274 e. The first-order chi connectivity index (χ1) is 1.00. The average molecular weight is 279 g/mol. The molecular formula is H8Cl4N2Ru. The van der Waals surface area contributed by atoms with Gasteiger partial charge in [0, 0.05) is 19.5 Å². The van der Waals surface area contributed by atoms with Crippen molar-refractivity contribution < 1.29 is 19.5 Å². The molecule has 0 heterocycles. The van der Waals surface area contributed by atoms with E-state index in [4.69, 9.17) is 0 Å². The van der Waals surface area contributed by atoms with Crippen molar-refractivity contribution in [3.8, 4) is 0 Å². The number of rotatable bonds is 0. The molecule has 0 saturated heterocycles. The molecule has 0 spiro atoms. The zero-order valence-electron chi connectivity index (χ0n) is 3.14. The molecule has 0 rings (SSSR count). The molecule has 0 radical (unpaired) electrons. The zero-order valence-corrected chi connectivity index (χ0v) is 8.15. The molecule has 0 aromatic rings. The summed E-state index contributed by atoms with van der Waals surface area (Å²) >= 11 is 0. The van der Waals surface area contributed by atoms with Gasteiger partial charge in [0.2, 0.25) is 0 Å². The Balaban J connectivity index is -0.000000000500. The van der Waals surface area contributed by atoms with Gasteiger partial charge < -0.3 is 0 Å². The molecule has 0 saturated carbocycles. The van der Waals surface area contributed by atoms with Crippen LogP contribution in [0.2, 0.25) is 0 Å². The maximum Gasteiger partial charge on any atom is 0 e. The molecule has 0 aliphatic heterocycles. The van der Waals surface area contributed by atoms with Gasteiger partial charge in [0.25, 0.3) is 0 Å². The van der Waals surface area contributed by atoms with Crippen molar-refractivity contribution in [2.24, 2.45) is 11.7 Å². The Kier molecular flexibility index (Phi) is 1200. The molecule has 0 aromatic carbocycles. The molecule has 0 amide bonds. The van der Waals surface area contributed by atoms with E-state index < -0.39 is 0 Å². The van der Waals surface area contributed by atoms with Crippen LogP contribution >= 0.6 is 49.6 Å². The molecule has 7 heteroatoms. The monoisotopic (exact) mass is 278 g/mol. The molecule has 0 aromatic heterocycles. The molecule has 0 fully saturated rings. The second-order valence-electron chi connectivity index (χ2n) is 0. The fraction of sp³-hybridized carbons (Fsp3) is 0. The minimum absolute atomic E-state index is 0. The van der Waals surface area contributed by atoms with Crippen LogP contribution in [-0.2, 0) is 19.5 Å². The van der Waals surface area contributed by atoms with Crippen LogP contribution in [-0.4, -0.2) is 0 Å². The van der Waals surface area contributed by atoms with E-state index in [2.05, 4.69) is 11.7 Å². The Morgan fingerprint density at radius 2 is 0.571 bits per heavy atom. The Hall–Kier alpha value is 1.70. The van der Waals surface area contributed by atoms with E-state index in [0.717, 1.165) is 0 Å². The SMILES string of the molecule is Cl.Cl.Cl.Cl.NN.[Ru]. The van der Waals surface area contributed by atoms with Gasteiger partial charge in [-0.1, -0.05) is 0 Å². The quantitative estimate of drug-likeness (QED) is 0.385. The van der Waals surface area contributed by atoms with E-state index in [9.17, 15) is 0 Å². The number of nitrogens with two attached hydrogens (primary N) is 2. The van der Waals surface area contributed by atoms with Crippen molar-refractivity contribution in [3.05, 3.63) is 0 Å². The van der Waals surface area contributed by atoms with Gasteiger partial charge in [-0.2, -0.15) is 0 Å². The van der Waals surface area contributed by atoms with Crippen LogP contribution in [0.1, 0.15) is 0 Å². The van der Waals surface area contributed by atoms with Gasteiger partial charge >= 0.3 is 0 Å². The van der Waals surface area contributed by atoms with Crippen LogP contribution in [0.15, 0.2) is 0 Å². The van der Waals surface area contributed by atoms with Crippen molar-refractivity contribution in [3.63, 3.8) is 0 Å². The molecule has 0 aliphatic carbocycles. The maximum atomic E-state index is 4.00. The second-order valence-corrected chi connectivity index (χ2v) is 0. The summed E-state index contributed by atoms with van der Waals surface area (Å²) in [5.41, 5.74) is 0. The van der Waals surface area contributed by atoms with Crippen LogP contribution in [0, 0.1) is 0 Å². The molecule has 0 atom stereocenters. The molecule has 0 bridgehead atoms. The summed E-state index contributed by atoms with van der Waals surface area (Å²) in [6, 6.07) is 0. The van der Waals surface area contributed by atoms with Crippen LogP contribution < -0.4 is 11.7 Å². The maximum absolute atomic E-state index is 4.00. The Morgan fingerprint density at radius 1 is 0.571 bits per heavy atom. The van der Waals surface area contributed by atoms with Gasteiger partial charge in [-0.15, -0.1) is 49.6 Å². The Morgan fingerprint density at radius 3 is 0.571 bits per heavy atom. The van der Waals surface area contributed by atoms with E-state index >= 15 is 0 Å². The minimum atomic E-state index is 0. The zero-order chi connectivity index (χ0) is 2.00. The smallest absolute Gasteiger partial charge is 0 e. The van der Waals surface area contributed by atoms with Crippen LogP contribution in [0.3, 0.4) is 0 Å². The number of hydrogen-bond acceptors (Lipinski definition) is 2. The van der Waals surface area contributed by atoms with Crippen molar-refractivity contribution in [2.45, 2.75) is 0 Å². The van der Waals surface area contributed by atoms with Crippen LogP contribution in [0.5, 0.6) is 0 Å².